The smallest absolute Gasteiger partial charge is 0.255 e. The molecule has 1 N–H and O–H groups in total. The minimum Gasteiger partial charge on any atom is -0.357 e. The van der Waals surface area contributed by atoms with Crippen molar-refractivity contribution in [1.29, 1.82) is 0 Å². The van der Waals surface area contributed by atoms with Gasteiger partial charge in [0, 0.05) is 38.4 Å². The zero-order valence-electron chi connectivity index (χ0n) is 13.5. The van der Waals surface area contributed by atoms with Gasteiger partial charge in [-0.2, -0.15) is 0 Å². The van der Waals surface area contributed by atoms with Gasteiger partial charge in [0.15, 0.2) is 0 Å². The molecule has 7 heteroatoms. The molecule has 130 valence electrons. The lowest BCUT2D eigenvalue weighted by atomic mass is 10.1. The summed E-state index contributed by atoms with van der Waals surface area (Å²) in [6, 6.07) is 4.32. The molecule has 1 unspecified atom stereocenters. The summed E-state index contributed by atoms with van der Waals surface area (Å²) in [4.78, 5) is 21.2. The van der Waals surface area contributed by atoms with Crippen LogP contribution in [0.25, 0.3) is 0 Å². The van der Waals surface area contributed by atoms with Crippen LogP contribution in [0.3, 0.4) is 0 Å². The summed E-state index contributed by atoms with van der Waals surface area (Å²) in [5, 5.41) is 3.27. The zero-order valence-corrected chi connectivity index (χ0v) is 15.2. The molecule has 1 amide bonds. The molecule has 0 radical (unpaired) electrons. The van der Waals surface area contributed by atoms with Gasteiger partial charge in [0.2, 0.25) is 0 Å². The van der Waals surface area contributed by atoms with Gasteiger partial charge in [-0.1, -0.05) is 0 Å². The molecule has 23 heavy (non-hydrogen) atoms. The molecule has 0 aromatic carbocycles. The van der Waals surface area contributed by atoms with E-state index in [1.807, 2.05) is 24.1 Å². The van der Waals surface area contributed by atoms with Crippen LogP contribution in [0.1, 0.15) is 36.0 Å². The lowest BCUT2D eigenvalue weighted by molar-refractivity contribution is 0.0698. The van der Waals surface area contributed by atoms with Gasteiger partial charge in [0.25, 0.3) is 5.91 Å². The van der Waals surface area contributed by atoms with E-state index in [0.29, 0.717) is 11.6 Å². The third-order valence-corrected chi connectivity index (χ3v) is 4.54. The quantitative estimate of drug-likeness (QED) is 0.898. The number of nitrogens with one attached hydrogen (secondary N) is 1. The predicted molar refractivity (Wildman–Crippen MR) is 98.2 cm³/mol. The number of anilines is 1. The molecular weight excluding hydrogens is 335 g/mol. The van der Waals surface area contributed by atoms with Crippen molar-refractivity contribution in [1.82, 2.24) is 15.2 Å². The van der Waals surface area contributed by atoms with Crippen LogP contribution in [0.5, 0.6) is 0 Å². The highest BCUT2D eigenvalue weighted by molar-refractivity contribution is 5.94. The largest absolute Gasteiger partial charge is 0.357 e. The van der Waals surface area contributed by atoms with Crippen LogP contribution in [-0.2, 0) is 0 Å². The maximum absolute atomic E-state index is 12.5. The van der Waals surface area contributed by atoms with Gasteiger partial charge >= 0.3 is 0 Å². The Morgan fingerprint density at radius 1 is 1.17 bits per heavy atom. The second-order valence-electron chi connectivity index (χ2n) is 5.98. The van der Waals surface area contributed by atoms with E-state index in [9.17, 15) is 4.79 Å². The summed E-state index contributed by atoms with van der Waals surface area (Å²) in [5.74, 6) is 1.10. The Hall–Kier alpha value is -1.04. The van der Waals surface area contributed by atoms with Gasteiger partial charge in [-0.05, 0) is 44.9 Å². The number of rotatable bonds is 3. The Labute approximate surface area is 150 Å². The van der Waals surface area contributed by atoms with E-state index < -0.39 is 0 Å². The fourth-order valence-corrected chi connectivity index (χ4v) is 3.23. The molecule has 2 aliphatic heterocycles. The summed E-state index contributed by atoms with van der Waals surface area (Å²) in [6.45, 7) is 3.81. The number of likely N-dealkylation sites (N-methyl/N-ethyl adjacent to an activating group) is 1. The molecule has 3 heterocycles. The monoisotopic (exact) mass is 360 g/mol. The molecule has 1 aromatic rings. The lowest BCUT2D eigenvalue weighted by Gasteiger charge is -2.32. The van der Waals surface area contributed by atoms with Crippen LogP contribution in [-0.4, -0.2) is 55.1 Å². The lowest BCUT2D eigenvalue weighted by Crippen LogP contribution is -2.47. The van der Waals surface area contributed by atoms with Crippen molar-refractivity contribution in [3.05, 3.63) is 23.9 Å². The third-order valence-electron chi connectivity index (χ3n) is 4.54. The van der Waals surface area contributed by atoms with Crippen molar-refractivity contribution in [2.24, 2.45) is 0 Å². The van der Waals surface area contributed by atoms with Crippen molar-refractivity contribution >= 4 is 36.5 Å². The number of hydrogen-bond acceptors (Lipinski definition) is 4. The van der Waals surface area contributed by atoms with Gasteiger partial charge < -0.3 is 15.1 Å². The summed E-state index contributed by atoms with van der Waals surface area (Å²) < 4.78 is 0. The van der Waals surface area contributed by atoms with Crippen LogP contribution in [0, 0.1) is 0 Å². The average molecular weight is 361 g/mol. The molecule has 0 spiro atoms. The van der Waals surface area contributed by atoms with Crippen LogP contribution in [0.4, 0.5) is 5.82 Å². The highest BCUT2D eigenvalue weighted by atomic mass is 35.5. The predicted octanol–water partition coefficient (Wildman–Crippen LogP) is 2.35. The second-order valence-corrected chi connectivity index (χ2v) is 5.98. The topological polar surface area (TPSA) is 48.5 Å². The molecule has 2 saturated heterocycles. The zero-order chi connectivity index (χ0) is 14.7. The third kappa shape index (κ3) is 4.72. The standard InChI is InChI=1S/C16H24N4O.2ClH/c1-17-14-5-4-10-20(12-14)16(21)13-6-7-15(18-11-13)19-8-2-3-9-19;;/h6-7,11,14,17H,2-5,8-10,12H2,1H3;2*1H. The van der Waals surface area contributed by atoms with Crippen LogP contribution in [0.15, 0.2) is 18.3 Å². The van der Waals surface area contributed by atoms with Gasteiger partial charge in [0.1, 0.15) is 5.82 Å². The number of aromatic nitrogens is 1. The summed E-state index contributed by atoms with van der Waals surface area (Å²) in [5.41, 5.74) is 0.703. The number of pyridine rings is 1. The summed E-state index contributed by atoms with van der Waals surface area (Å²) in [6.07, 6.45) is 6.42. The Kier molecular flexibility index (Phi) is 8.09. The second kappa shape index (κ2) is 9.30. The Bertz CT molecular complexity index is 491. The van der Waals surface area contributed by atoms with Crippen molar-refractivity contribution in [3.63, 3.8) is 0 Å². The highest BCUT2D eigenvalue weighted by Gasteiger charge is 2.24. The van der Waals surface area contributed by atoms with Crippen LogP contribution < -0.4 is 10.2 Å². The highest BCUT2D eigenvalue weighted by Crippen LogP contribution is 2.19. The molecule has 2 fully saturated rings. The molecule has 1 aromatic heterocycles. The number of piperidine rings is 1. The number of amides is 1. The fourth-order valence-electron chi connectivity index (χ4n) is 3.23. The van der Waals surface area contributed by atoms with E-state index in [-0.39, 0.29) is 30.7 Å². The van der Waals surface area contributed by atoms with E-state index in [1.54, 1.807) is 6.20 Å². The van der Waals surface area contributed by atoms with E-state index in [2.05, 4.69) is 15.2 Å². The van der Waals surface area contributed by atoms with Gasteiger partial charge in [0.05, 0.1) is 5.56 Å². The Morgan fingerprint density at radius 2 is 1.91 bits per heavy atom. The van der Waals surface area contributed by atoms with E-state index in [4.69, 9.17) is 0 Å². The van der Waals surface area contributed by atoms with Crippen molar-refractivity contribution < 1.29 is 4.79 Å². The Morgan fingerprint density at radius 3 is 2.52 bits per heavy atom. The number of likely N-dealkylation sites (tertiary alicyclic amines) is 1. The SMILES string of the molecule is CNC1CCCN(C(=O)c2ccc(N3CCCC3)nc2)C1.Cl.Cl. The molecule has 2 aliphatic rings. The van der Waals surface area contributed by atoms with Gasteiger partial charge in [-0.25, -0.2) is 4.98 Å². The van der Waals surface area contributed by atoms with Crippen molar-refractivity contribution in [2.45, 2.75) is 31.7 Å². The molecular formula is C16H26Cl2N4O. The van der Waals surface area contributed by atoms with Gasteiger partial charge in [-0.3, -0.25) is 4.79 Å². The van der Waals surface area contributed by atoms with E-state index in [1.165, 1.54) is 12.8 Å². The first-order valence-corrected chi connectivity index (χ1v) is 7.95. The number of nitrogens with zero attached hydrogens (tertiary/aromatic N) is 3. The number of carbonyl (C=O) groups excluding carboxylic acids is 1. The van der Waals surface area contributed by atoms with E-state index in [0.717, 1.165) is 44.8 Å². The fraction of sp³-hybridized carbons (Fsp3) is 0.625. The minimum absolute atomic E-state index is 0. The molecule has 0 aliphatic carbocycles. The first-order chi connectivity index (χ1) is 10.3. The first kappa shape index (κ1) is 20.0. The van der Waals surface area contributed by atoms with Crippen molar-refractivity contribution in [3.8, 4) is 0 Å². The summed E-state index contributed by atoms with van der Waals surface area (Å²) >= 11 is 0. The Balaban J connectivity index is 0.00000132. The molecule has 1 atom stereocenters. The molecule has 3 rings (SSSR count). The molecule has 0 saturated carbocycles. The normalized spacial score (nSPS) is 20.7. The van der Waals surface area contributed by atoms with E-state index >= 15 is 0 Å². The van der Waals surface area contributed by atoms with Gasteiger partial charge in [-0.15, -0.1) is 24.8 Å². The maximum Gasteiger partial charge on any atom is 0.255 e. The van der Waals surface area contributed by atoms with Crippen molar-refractivity contribution in [2.75, 3.05) is 38.1 Å². The number of halogens is 2. The summed E-state index contributed by atoms with van der Waals surface area (Å²) in [7, 11) is 1.96. The maximum atomic E-state index is 12.5. The number of hydrogen-bond donors (Lipinski definition) is 1. The minimum atomic E-state index is 0. The first-order valence-electron chi connectivity index (χ1n) is 7.95. The molecule has 5 nitrogen and oxygen atoms in total. The van der Waals surface area contributed by atoms with Crippen LogP contribution in [0.2, 0.25) is 0 Å². The number of carbonyl (C=O) groups is 1. The molecule has 0 bridgehead atoms. The average Bonchev–Trinajstić information content (AvgIpc) is 3.09. The van der Waals surface area contributed by atoms with Crippen LogP contribution >= 0.6 is 24.8 Å².